The van der Waals surface area contributed by atoms with E-state index >= 15 is 0 Å². The lowest BCUT2D eigenvalue weighted by atomic mass is 9.93. The van der Waals surface area contributed by atoms with E-state index < -0.39 is 6.04 Å². The van der Waals surface area contributed by atoms with Crippen LogP contribution in [0.1, 0.15) is 58.6 Å². The molecule has 6 nitrogen and oxygen atoms in total. The SMILES string of the molecule is CCOC(=O)CN(C/C=C1\CN(C(C(=O)C2CC2)c2ccccc2F)CCC1SC(C)=O)C(C)C.Cl.Cl. The van der Waals surface area contributed by atoms with Crippen molar-refractivity contribution in [1.82, 2.24) is 9.80 Å². The second-order valence-corrected chi connectivity index (χ2v) is 10.9. The highest BCUT2D eigenvalue weighted by atomic mass is 35.5. The Hall–Kier alpha value is -1.45. The molecule has 1 heterocycles. The van der Waals surface area contributed by atoms with Crippen LogP contribution >= 0.6 is 36.6 Å². The zero-order valence-corrected chi connectivity index (χ0v) is 24.4. The number of carbonyl (C=O) groups is 3. The average Bonchev–Trinajstić information content (AvgIpc) is 3.64. The molecule has 1 aromatic rings. The van der Waals surface area contributed by atoms with E-state index in [1.165, 1.54) is 17.8 Å². The maximum absolute atomic E-state index is 14.8. The van der Waals surface area contributed by atoms with Gasteiger partial charge in [-0.1, -0.05) is 36.0 Å². The van der Waals surface area contributed by atoms with Gasteiger partial charge >= 0.3 is 5.97 Å². The molecule has 1 aromatic carbocycles. The summed E-state index contributed by atoms with van der Waals surface area (Å²) in [5.74, 6) is -0.553. The number of ketones is 1. The Labute approximate surface area is 236 Å². The molecule has 37 heavy (non-hydrogen) atoms. The van der Waals surface area contributed by atoms with Crippen molar-refractivity contribution in [2.75, 3.05) is 32.8 Å². The molecule has 2 fully saturated rings. The van der Waals surface area contributed by atoms with E-state index in [-0.39, 0.29) is 71.3 Å². The number of carbonyl (C=O) groups excluding carboxylic acids is 3. The Morgan fingerprint density at radius 1 is 1.19 bits per heavy atom. The number of piperidine rings is 1. The molecule has 0 radical (unpaired) electrons. The van der Waals surface area contributed by atoms with Crippen LogP contribution in [0.4, 0.5) is 4.39 Å². The van der Waals surface area contributed by atoms with Crippen LogP contribution in [0.15, 0.2) is 35.9 Å². The molecule has 1 saturated carbocycles. The molecule has 1 aliphatic carbocycles. The van der Waals surface area contributed by atoms with E-state index in [4.69, 9.17) is 4.74 Å². The number of esters is 1. The first-order valence-electron chi connectivity index (χ1n) is 12.5. The summed E-state index contributed by atoms with van der Waals surface area (Å²) in [6.07, 6.45) is 4.49. The van der Waals surface area contributed by atoms with Crippen molar-refractivity contribution in [2.24, 2.45) is 5.92 Å². The summed E-state index contributed by atoms with van der Waals surface area (Å²) in [7, 11) is 0. The predicted octanol–water partition coefficient (Wildman–Crippen LogP) is 5.24. The second kappa shape index (κ2) is 15.8. The standard InChI is InChI=1S/C27H37FN2O4S.2ClH/c1-5-34-25(32)17-29(18(2)3)14-12-21-16-30(15-13-24(21)35-19(4)31)26(27(33)20-10-11-20)22-8-6-7-9-23(22)28;;/h6-9,12,18,20,24,26H,5,10-11,13-17H2,1-4H3;2*1H/b21-12+;;. The number of thioether (sulfide) groups is 1. The molecule has 2 unspecified atom stereocenters. The summed E-state index contributed by atoms with van der Waals surface area (Å²) in [5, 5.41) is 0.0407. The fourth-order valence-electron chi connectivity index (χ4n) is 4.52. The van der Waals surface area contributed by atoms with E-state index in [2.05, 4.69) is 11.0 Å². The van der Waals surface area contributed by atoms with Crippen LogP contribution in [-0.4, -0.2) is 70.7 Å². The largest absolute Gasteiger partial charge is 0.465 e. The zero-order chi connectivity index (χ0) is 25.5. The van der Waals surface area contributed by atoms with Crippen LogP contribution in [0.2, 0.25) is 0 Å². The van der Waals surface area contributed by atoms with Gasteiger partial charge in [-0.3, -0.25) is 24.2 Å². The second-order valence-electron chi connectivity index (χ2n) is 9.57. The number of nitrogens with zero attached hydrogens (tertiary/aromatic N) is 2. The minimum Gasteiger partial charge on any atom is -0.465 e. The fourth-order valence-corrected chi connectivity index (χ4v) is 5.46. The van der Waals surface area contributed by atoms with Gasteiger partial charge in [0.05, 0.1) is 19.2 Å². The lowest BCUT2D eigenvalue weighted by Crippen LogP contribution is -2.44. The molecule has 1 aliphatic heterocycles. The van der Waals surface area contributed by atoms with Gasteiger partial charge in [-0.05, 0) is 51.7 Å². The van der Waals surface area contributed by atoms with E-state index in [0.29, 0.717) is 38.2 Å². The molecule has 3 rings (SSSR count). The van der Waals surface area contributed by atoms with E-state index in [1.807, 2.05) is 18.7 Å². The van der Waals surface area contributed by atoms with Crippen molar-refractivity contribution >= 4 is 53.4 Å². The molecule has 2 atom stereocenters. The molecular weight excluding hydrogens is 538 g/mol. The molecular formula is C27H39Cl2FN2O4S. The van der Waals surface area contributed by atoms with Crippen LogP contribution < -0.4 is 0 Å². The third kappa shape index (κ3) is 9.66. The number of hydrogen-bond donors (Lipinski definition) is 0. The van der Waals surface area contributed by atoms with Gasteiger partial charge in [0.1, 0.15) is 5.82 Å². The molecule has 0 bridgehead atoms. The van der Waals surface area contributed by atoms with Crippen molar-refractivity contribution in [1.29, 1.82) is 0 Å². The van der Waals surface area contributed by atoms with Crippen molar-refractivity contribution in [3.8, 4) is 0 Å². The molecule has 10 heteroatoms. The predicted molar refractivity (Wildman–Crippen MR) is 151 cm³/mol. The number of rotatable bonds is 11. The number of hydrogen-bond acceptors (Lipinski definition) is 7. The smallest absolute Gasteiger partial charge is 0.320 e. The maximum atomic E-state index is 14.8. The highest BCUT2D eigenvalue weighted by Gasteiger charge is 2.41. The average molecular weight is 578 g/mol. The Balaban J connectivity index is 0.00000342. The first-order valence-corrected chi connectivity index (χ1v) is 13.4. The lowest BCUT2D eigenvalue weighted by Gasteiger charge is -2.39. The zero-order valence-electron chi connectivity index (χ0n) is 22.0. The number of likely N-dealkylation sites (tertiary alicyclic amines) is 1. The van der Waals surface area contributed by atoms with Crippen LogP contribution in [0.5, 0.6) is 0 Å². The van der Waals surface area contributed by atoms with Gasteiger partial charge in [0.2, 0.25) is 0 Å². The third-order valence-corrected chi connectivity index (χ3v) is 7.71. The summed E-state index contributed by atoms with van der Waals surface area (Å²) in [5.41, 5.74) is 1.46. The Morgan fingerprint density at radius 3 is 2.43 bits per heavy atom. The summed E-state index contributed by atoms with van der Waals surface area (Å²) >= 11 is 1.30. The highest BCUT2D eigenvalue weighted by Crippen LogP contribution is 2.40. The fraction of sp³-hybridized carbons (Fsp3) is 0.593. The van der Waals surface area contributed by atoms with Gasteiger partial charge in [-0.15, -0.1) is 24.8 Å². The Bertz CT molecular complexity index is 958. The third-order valence-electron chi connectivity index (χ3n) is 6.56. The molecule has 2 aliphatic rings. The van der Waals surface area contributed by atoms with Gasteiger partial charge in [0.25, 0.3) is 0 Å². The lowest BCUT2D eigenvalue weighted by molar-refractivity contribution is -0.144. The van der Waals surface area contributed by atoms with E-state index in [9.17, 15) is 18.8 Å². The topological polar surface area (TPSA) is 66.9 Å². The number of halogens is 3. The molecule has 0 N–H and O–H groups in total. The first kappa shape index (κ1) is 33.6. The Morgan fingerprint density at radius 2 is 1.86 bits per heavy atom. The van der Waals surface area contributed by atoms with Gasteiger partial charge in [0.15, 0.2) is 10.9 Å². The van der Waals surface area contributed by atoms with E-state index in [0.717, 1.165) is 18.4 Å². The molecule has 0 aromatic heterocycles. The van der Waals surface area contributed by atoms with Crippen molar-refractivity contribution in [3.63, 3.8) is 0 Å². The van der Waals surface area contributed by atoms with Crippen molar-refractivity contribution in [3.05, 3.63) is 47.3 Å². The summed E-state index contributed by atoms with van der Waals surface area (Å²) in [4.78, 5) is 41.4. The van der Waals surface area contributed by atoms with Gasteiger partial charge in [-0.2, -0.15) is 0 Å². The van der Waals surface area contributed by atoms with Crippen LogP contribution in [0.25, 0.3) is 0 Å². The summed E-state index contributed by atoms with van der Waals surface area (Å²) in [6, 6.07) is 6.03. The van der Waals surface area contributed by atoms with Gasteiger partial charge in [-0.25, -0.2) is 4.39 Å². The number of benzene rings is 1. The highest BCUT2D eigenvalue weighted by molar-refractivity contribution is 8.14. The molecule has 1 saturated heterocycles. The molecule has 0 amide bonds. The minimum absolute atomic E-state index is 0. The van der Waals surface area contributed by atoms with Gasteiger partial charge in [0, 0.05) is 49.3 Å². The molecule has 0 spiro atoms. The van der Waals surface area contributed by atoms with E-state index in [1.54, 1.807) is 32.0 Å². The van der Waals surface area contributed by atoms with Crippen LogP contribution in [0, 0.1) is 11.7 Å². The van der Waals surface area contributed by atoms with Crippen molar-refractivity contribution in [2.45, 2.75) is 64.3 Å². The number of ether oxygens (including phenoxy) is 1. The van der Waals surface area contributed by atoms with Gasteiger partial charge < -0.3 is 4.74 Å². The molecule has 208 valence electrons. The maximum Gasteiger partial charge on any atom is 0.320 e. The van der Waals surface area contributed by atoms with Crippen LogP contribution in [0.3, 0.4) is 0 Å². The summed E-state index contributed by atoms with van der Waals surface area (Å²) < 4.78 is 19.9. The number of Topliss-reactive ketones (excluding diaryl/α,β-unsaturated/α-hetero) is 1. The summed E-state index contributed by atoms with van der Waals surface area (Å²) in [6.45, 7) is 9.53. The monoisotopic (exact) mass is 576 g/mol. The van der Waals surface area contributed by atoms with Crippen molar-refractivity contribution < 1.29 is 23.5 Å². The normalized spacial score (nSPS) is 19.8. The minimum atomic E-state index is -0.629. The Kier molecular flexibility index (Phi) is 14.4. The van der Waals surface area contributed by atoms with Crippen LogP contribution in [-0.2, 0) is 19.1 Å². The quantitative estimate of drug-likeness (QED) is 0.263. The first-order chi connectivity index (χ1) is 16.7.